The van der Waals surface area contributed by atoms with Gasteiger partial charge in [0.25, 0.3) is 0 Å². The van der Waals surface area contributed by atoms with Gasteiger partial charge in [-0.2, -0.15) is 0 Å². The second-order valence-electron chi connectivity index (χ2n) is 7.95. The Labute approximate surface area is 150 Å². The number of benzene rings is 1. The van der Waals surface area contributed by atoms with E-state index >= 15 is 0 Å². The van der Waals surface area contributed by atoms with Crippen molar-refractivity contribution in [3.8, 4) is 5.75 Å². The van der Waals surface area contributed by atoms with Gasteiger partial charge in [-0.25, -0.2) is 4.39 Å². The van der Waals surface area contributed by atoms with Crippen LogP contribution >= 0.6 is 0 Å². The Hall–Kier alpha value is -1.46. The molecule has 5 heteroatoms. The molecule has 25 heavy (non-hydrogen) atoms. The van der Waals surface area contributed by atoms with Crippen molar-refractivity contribution in [2.24, 2.45) is 5.41 Å². The fourth-order valence-electron chi connectivity index (χ4n) is 2.22. The number of aliphatic hydroxyl groups is 1. The van der Waals surface area contributed by atoms with E-state index in [1.54, 1.807) is 19.9 Å². The number of hydrogen-bond donors (Lipinski definition) is 1. The maximum absolute atomic E-state index is 14.1. The van der Waals surface area contributed by atoms with Crippen molar-refractivity contribution in [2.75, 3.05) is 13.2 Å². The van der Waals surface area contributed by atoms with Gasteiger partial charge in [-0.15, -0.1) is 0 Å². The van der Waals surface area contributed by atoms with Crippen LogP contribution in [0.5, 0.6) is 5.75 Å². The molecule has 0 radical (unpaired) electrons. The number of rotatable bonds is 9. The molecule has 0 spiro atoms. The molecule has 1 N–H and O–H groups in total. The van der Waals surface area contributed by atoms with Gasteiger partial charge < -0.3 is 14.6 Å². The first kappa shape index (κ1) is 21.6. The fourth-order valence-corrected chi connectivity index (χ4v) is 2.22. The van der Waals surface area contributed by atoms with Crippen LogP contribution in [-0.2, 0) is 9.53 Å². The molecule has 0 saturated carbocycles. The average molecular weight is 354 g/mol. The van der Waals surface area contributed by atoms with Gasteiger partial charge in [-0.1, -0.05) is 19.9 Å². The summed E-state index contributed by atoms with van der Waals surface area (Å²) in [6.45, 7) is 11.6. The third-order valence-corrected chi connectivity index (χ3v) is 4.31. The molecule has 0 fully saturated rings. The third kappa shape index (κ3) is 6.75. The molecule has 1 rings (SSSR count). The molecule has 0 heterocycles. The number of hydrogen-bond acceptors (Lipinski definition) is 4. The normalized spacial score (nSPS) is 12.5. The average Bonchev–Trinajstić information content (AvgIpc) is 2.48. The number of carbonyl (C=O) groups is 1. The fraction of sp³-hybridized carbons (Fsp3) is 0.650. The molecule has 0 aliphatic carbocycles. The maximum Gasteiger partial charge on any atom is 0.317 e. The molecule has 1 aromatic carbocycles. The summed E-state index contributed by atoms with van der Waals surface area (Å²) in [5.41, 5.74) is -0.400. The minimum Gasteiger partial charge on any atom is -0.423 e. The lowest BCUT2D eigenvalue weighted by Crippen LogP contribution is -2.33. The number of ether oxygens (including phenoxy) is 2. The lowest BCUT2D eigenvalue weighted by atomic mass is 9.90. The zero-order valence-electron chi connectivity index (χ0n) is 16.2. The van der Waals surface area contributed by atoms with E-state index in [4.69, 9.17) is 14.6 Å². The zero-order valence-corrected chi connectivity index (χ0v) is 16.2. The van der Waals surface area contributed by atoms with Crippen LogP contribution in [0.15, 0.2) is 18.2 Å². The van der Waals surface area contributed by atoms with Gasteiger partial charge in [0.1, 0.15) is 0 Å². The van der Waals surface area contributed by atoms with E-state index < -0.39 is 22.8 Å². The van der Waals surface area contributed by atoms with Crippen LogP contribution in [-0.4, -0.2) is 29.9 Å². The number of carbonyl (C=O) groups excluding carboxylic acids is 1. The molecule has 0 atom stereocenters. The summed E-state index contributed by atoms with van der Waals surface area (Å²) in [7, 11) is 0. The Kier molecular flexibility index (Phi) is 7.57. The monoisotopic (exact) mass is 354 g/mol. The highest BCUT2D eigenvalue weighted by molar-refractivity contribution is 5.78. The van der Waals surface area contributed by atoms with Crippen molar-refractivity contribution in [2.45, 2.75) is 65.9 Å². The van der Waals surface area contributed by atoms with Crippen LogP contribution in [0.4, 0.5) is 4.39 Å². The van der Waals surface area contributed by atoms with E-state index in [1.165, 1.54) is 12.1 Å². The van der Waals surface area contributed by atoms with Crippen LogP contribution < -0.4 is 4.74 Å². The first-order valence-corrected chi connectivity index (χ1v) is 8.75. The number of aliphatic hydroxyl groups excluding tert-OH is 1. The molecule has 0 saturated heterocycles. The van der Waals surface area contributed by atoms with Crippen LogP contribution in [0, 0.1) is 11.2 Å². The quantitative estimate of drug-likeness (QED) is 0.526. The molecule has 0 unspecified atom stereocenters. The van der Waals surface area contributed by atoms with Crippen molar-refractivity contribution in [3.05, 3.63) is 29.6 Å². The first-order valence-electron chi connectivity index (χ1n) is 8.75. The van der Waals surface area contributed by atoms with E-state index in [9.17, 15) is 9.18 Å². The highest BCUT2D eigenvalue weighted by atomic mass is 19.1. The highest BCUT2D eigenvalue weighted by Crippen LogP contribution is 2.28. The van der Waals surface area contributed by atoms with Crippen LogP contribution in [0.3, 0.4) is 0 Å². The van der Waals surface area contributed by atoms with Crippen LogP contribution in [0.1, 0.15) is 65.9 Å². The SMILES string of the molecule is CC(C)c1ccc(OC(=O)C(C)(C)CCOC(C)(C)CCO)c(F)c1. The van der Waals surface area contributed by atoms with Gasteiger partial charge in [0.15, 0.2) is 11.6 Å². The summed E-state index contributed by atoms with van der Waals surface area (Å²) in [6, 6.07) is 4.67. The lowest BCUT2D eigenvalue weighted by Gasteiger charge is -2.28. The van der Waals surface area contributed by atoms with Gasteiger partial charge in [0.2, 0.25) is 0 Å². The summed E-state index contributed by atoms with van der Waals surface area (Å²) in [6.07, 6.45) is 0.956. The Morgan fingerprint density at radius 1 is 1.20 bits per heavy atom. The van der Waals surface area contributed by atoms with E-state index in [0.717, 1.165) is 5.56 Å². The van der Waals surface area contributed by atoms with E-state index in [0.29, 0.717) is 19.4 Å². The predicted molar refractivity (Wildman–Crippen MR) is 96.3 cm³/mol. The molecule has 1 aromatic rings. The molecule has 0 aliphatic heterocycles. The van der Waals surface area contributed by atoms with Gasteiger partial charge in [0, 0.05) is 13.2 Å². The largest absolute Gasteiger partial charge is 0.423 e. The molecule has 0 bridgehead atoms. The van der Waals surface area contributed by atoms with E-state index in [-0.39, 0.29) is 18.3 Å². The molecule has 142 valence electrons. The Balaban J connectivity index is 2.66. The van der Waals surface area contributed by atoms with E-state index in [1.807, 2.05) is 27.7 Å². The van der Waals surface area contributed by atoms with Crippen molar-refractivity contribution >= 4 is 5.97 Å². The Bertz CT molecular complexity index is 579. The molecule has 0 aromatic heterocycles. The Morgan fingerprint density at radius 3 is 2.36 bits per heavy atom. The summed E-state index contributed by atoms with van der Waals surface area (Å²) in [5, 5.41) is 9.00. The van der Waals surface area contributed by atoms with Crippen molar-refractivity contribution in [1.82, 2.24) is 0 Å². The van der Waals surface area contributed by atoms with Crippen LogP contribution in [0.25, 0.3) is 0 Å². The summed E-state index contributed by atoms with van der Waals surface area (Å²) < 4.78 is 25.1. The number of esters is 1. The number of halogens is 1. The smallest absolute Gasteiger partial charge is 0.317 e. The Morgan fingerprint density at radius 2 is 1.84 bits per heavy atom. The predicted octanol–water partition coefficient (Wildman–Crippen LogP) is 4.45. The van der Waals surface area contributed by atoms with Gasteiger partial charge in [-0.3, -0.25) is 4.79 Å². The third-order valence-electron chi connectivity index (χ3n) is 4.31. The van der Waals surface area contributed by atoms with Crippen molar-refractivity contribution < 1.29 is 23.8 Å². The van der Waals surface area contributed by atoms with Crippen molar-refractivity contribution in [3.63, 3.8) is 0 Å². The molecule has 0 amide bonds. The second kappa shape index (κ2) is 8.77. The lowest BCUT2D eigenvalue weighted by molar-refractivity contribution is -0.146. The van der Waals surface area contributed by atoms with E-state index in [2.05, 4.69) is 0 Å². The summed E-state index contributed by atoms with van der Waals surface area (Å²) >= 11 is 0. The maximum atomic E-state index is 14.1. The molecule has 0 aliphatic rings. The standard InChI is InChI=1S/C20H31FO4/c1-14(2)15-7-8-17(16(21)13-15)25-18(23)19(3,4)10-12-24-20(5,6)9-11-22/h7-8,13-14,22H,9-12H2,1-6H3. The van der Waals surface area contributed by atoms with Gasteiger partial charge in [-0.05, 0) is 64.2 Å². The summed E-state index contributed by atoms with van der Waals surface area (Å²) in [5.74, 6) is -0.873. The second-order valence-corrected chi connectivity index (χ2v) is 7.95. The minimum absolute atomic E-state index is 0.0457. The molecular weight excluding hydrogens is 323 g/mol. The highest BCUT2D eigenvalue weighted by Gasteiger charge is 2.31. The summed E-state index contributed by atoms with van der Waals surface area (Å²) in [4.78, 5) is 12.4. The topological polar surface area (TPSA) is 55.8 Å². The molecule has 4 nitrogen and oxygen atoms in total. The first-order chi connectivity index (χ1) is 11.5. The van der Waals surface area contributed by atoms with Gasteiger partial charge >= 0.3 is 5.97 Å². The zero-order chi connectivity index (χ0) is 19.3. The van der Waals surface area contributed by atoms with Crippen molar-refractivity contribution in [1.29, 1.82) is 0 Å². The molecular formula is C20H31FO4. The van der Waals surface area contributed by atoms with Crippen LogP contribution in [0.2, 0.25) is 0 Å². The van der Waals surface area contributed by atoms with Gasteiger partial charge in [0.05, 0.1) is 11.0 Å². The minimum atomic E-state index is -0.807.